The highest BCUT2D eigenvalue weighted by Gasteiger charge is 2.29. The minimum absolute atomic E-state index is 0.0431. The zero-order valence-corrected chi connectivity index (χ0v) is 17.6. The molecule has 1 saturated carbocycles. The first-order chi connectivity index (χ1) is 14.2. The van der Waals surface area contributed by atoms with E-state index >= 15 is 0 Å². The molecule has 1 aliphatic carbocycles. The highest BCUT2D eigenvalue weighted by Crippen LogP contribution is 2.44. The van der Waals surface area contributed by atoms with Crippen molar-refractivity contribution in [1.82, 2.24) is 9.55 Å². The molecule has 29 heavy (non-hydrogen) atoms. The molecule has 0 bridgehead atoms. The van der Waals surface area contributed by atoms with Crippen molar-refractivity contribution in [3.05, 3.63) is 81.5 Å². The van der Waals surface area contributed by atoms with Crippen LogP contribution in [0, 0.1) is 0 Å². The lowest BCUT2D eigenvalue weighted by Crippen LogP contribution is -2.21. The predicted octanol–water partition coefficient (Wildman–Crippen LogP) is 5.63. The zero-order valence-electron chi connectivity index (χ0n) is 16.0. The third kappa shape index (κ3) is 3.58. The molecule has 0 saturated heterocycles. The maximum atomic E-state index is 13.6. The van der Waals surface area contributed by atoms with Crippen molar-refractivity contribution in [2.24, 2.45) is 0 Å². The third-order valence-corrected chi connectivity index (χ3v) is 7.06. The second kappa shape index (κ2) is 7.69. The van der Waals surface area contributed by atoms with Crippen LogP contribution in [0.1, 0.15) is 29.9 Å². The summed E-state index contributed by atoms with van der Waals surface area (Å²) < 4.78 is 7.01. The van der Waals surface area contributed by atoms with E-state index in [0.29, 0.717) is 5.92 Å². The molecule has 0 N–H and O–H groups in total. The van der Waals surface area contributed by atoms with Crippen LogP contribution in [0.25, 0.3) is 15.9 Å². The lowest BCUT2D eigenvalue weighted by Gasteiger charge is -2.12. The smallest absolute Gasteiger partial charge is 0.267 e. The van der Waals surface area contributed by atoms with E-state index in [-0.39, 0.29) is 5.56 Å². The van der Waals surface area contributed by atoms with Gasteiger partial charge in [-0.15, -0.1) is 11.3 Å². The standard InChI is InChI=1S/C23H20N2O2S2/c1-27-18-11-7-15(8-12-18)13-29-23-24-21-20(19(14-28-21)16-9-10-16)22(26)25(23)17-5-3-2-4-6-17/h2-8,11-12,14,16H,9-10,13H2,1H3. The van der Waals surface area contributed by atoms with Crippen LogP contribution >= 0.6 is 23.1 Å². The van der Waals surface area contributed by atoms with Crippen LogP contribution in [0.2, 0.25) is 0 Å². The predicted molar refractivity (Wildman–Crippen MR) is 120 cm³/mol. The molecule has 1 fully saturated rings. The van der Waals surface area contributed by atoms with Crippen LogP contribution in [0.3, 0.4) is 0 Å². The van der Waals surface area contributed by atoms with Gasteiger partial charge in [-0.2, -0.15) is 0 Å². The molecule has 0 radical (unpaired) electrons. The van der Waals surface area contributed by atoms with Gasteiger partial charge in [0.15, 0.2) is 5.16 Å². The van der Waals surface area contributed by atoms with E-state index in [2.05, 4.69) is 5.38 Å². The number of ether oxygens (including phenoxy) is 1. The Balaban J connectivity index is 1.58. The molecule has 4 nitrogen and oxygen atoms in total. The molecule has 0 amide bonds. The normalized spacial score (nSPS) is 13.7. The van der Waals surface area contributed by atoms with E-state index in [0.717, 1.165) is 38.1 Å². The SMILES string of the molecule is COc1ccc(CSc2nc3scc(C4CC4)c3c(=O)n2-c2ccccc2)cc1. The fourth-order valence-electron chi connectivity index (χ4n) is 3.46. The Morgan fingerprint density at radius 2 is 1.90 bits per heavy atom. The molecule has 6 heteroatoms. The molecule has 2 heterocycles. The second-order valence-corrected chi connectivity index (χ2v) is 8.95. The summed E-state index contributed by atoms with van der Waals surface area (Å²) in [7, 11) is 1.67. The fourth-order valence-corrected chi connectivity index (χ4v) is 5.49. The van der Waals surface area contributed by atoms with Gasteiger partial charge in [0.05, 0.1) is 18.2 Å². The Hall–Kier alpha value is -2.57. The van der Waals surface area contributed by atoms with E-state index in [9.17, 15) is 4.79 Å². The molecule has 146 valence electrons. The van der Waals surface area contributed by atoms with Crippen LogP contribution in [-0.4, -0.2) is 16.7 Å². The van der Waals surface area contributed by atoms with Crippen molar-refractivity contribution in [1.29, 1.82) is 0 Å². The van der Waals surface area contributed by atoms with Crippen molar-refractivity contribution >= 4 is 33.3 Å². The molecule has 0 aliphatic heterocycles. The maximum absolute atomic E-state index is 13.6. The lowest BCUT2D eigenvalue weighted by atomic mass is 10.1. The van der Waals surface area contributed by atoms with Crippen molar-refractivity contribution < 1.29 is 4.74 Å². The Morgan fingerprint density at radius 1 is 1.14 bits per heavy atom. The number of methoxy groups -OCH3 is 1. The van der Waals surface area contributed by atoms with Gasteiger partial charge in [-0.05, 0) is 59.5 Å². The van der Waals surface area contributed by atoms with Gasteiger partial charge in [0.2, 0.25) is 0 Å². The van der Waals surface area contributed by atoms with Crippen LogP contribution in [0.4, 0.5) is 0 Å². The summed E-state index contributed by atoms with van der Waals surface area (Å²) in [5.74, 6) is 2.10. The molecule has 1 aliphatic rings. The molecule has 0 atom stereocenters. The zero-order chi connectivity index (χ0) is 19.8. The van der Waals surface area contributed by atoms with Gasteiger partial charge in [-0.3, -0.25) is 9.36 Å². The van der Waals surface area contributed by atoms with Gasteiger partial charge in [0, 0.05) is 5.75 Å². The van der Waals surface area contributed by atoms with Gasteiger partial charge in [-0.25, -0.2) is 4.98 Å². The molecule has 0 spiro atoms. The van der Waals surface area contributed by atoms with Crippen LogP contribution in [0.15, 0.2) is 69.9 Å². The Morgan fingerprint density at radius 3 is 2.59 bits per heavy atom. The van der Waals surface area contributed by atoms with Gasteiger partial charge in [-0.1, -0.05) is 42.1 Å². The summed E-state index contributed by atoms with van der Waals surface area (Å²) >= 11 is 3.18. The van der Waals surface area contributed by atoms with E-state index in [1.165, 1.54) is 18.4 Å². The number of nitrogens with zero attached hydrogens (tertiary/aromatic N) is 2. The summed E-state index contributed by atoms with van der Waals surface area (Å²) in [6, 6.07) is 17.8. The summed E-state index contributed by atoms with van der Waals surface area (Å²) in [6.45, 7) is 0. The molecule has 5 rings (SSSR count). The molecular weight excluding hydrogens is 400 g/mol. The first-order valence-corrected chi connectivity index (χ1v) is 11.5. The minimum Gasteiger partial charge on any atom is -0.497 e. The van der Waals surface area contributed by atoms with E-state index in [4.69, 9.17) is 9.72 Å². The maximum Gasteiger partial charge on any atom is 0.267 e. The van der Waals surface area contributed by atoms with Crippen molar-refractivity contribution in [3.8, 4) is 11.4 Å². The van der Waals surface area contributed by atoms with Crippen molar-refractivity contribution in [3.63, 3.8) is 0 Å². The van der Waals surface area contributed by atoms with E-state index < -0.39 is 0 Å². The number of hydrogen-bond donors (Lipinski definition) is 0. The van der Waals surface area contributed by atoms with Crippen molar-refractivity contribution in [2.75, 3.05) is 7.11 Å². The average Bonchev–Trinajstić information content (AvgIpc) is 3.52. The number of benzene rings is 2. The number of thiophene rings is 1. The number of para-hydroxylation sites is 1. The molecular formula is C23H20N2O2S2. The number of thioether (sulfide) groups is 1. The monoisotopic (exact) mass is 420 g/mol. The van der Waals surface area contributed by atoms with Gasteiger partial charge < -0.3 is 4.74 Å². The van der Waals surface area contributed by atoms with E-state index in [1.807, 2.05) is 54.6 Å². The van der Waals surface area contributed by atoms with Crippen molar-refractivity contribution in [2.45, 2.75) is 29.7 Å². The highest BCUT2D eigenvalue weighted by atomic mass is 32.2. The Bertz CT molecular complexity index is 1210. The number of aromatic nitrogens is 2. The van der Waals surface area contributed by atoms with E-state index in [1.54, 1.807) is 34.8 Å². The summed E-state index contributed by atoms with van der Waals surface area (Å²) in [5.41, 5.74) is 3.24. The van der Waals surface area contributed by atoms with Crippen LogP contribution in [0.5, 0.6) is 5.75 Å². The van der Waals surface area contributed by atoms with Crippen LogP contribution in [-0.2, 0) is 5.75 Å². The quantitative estimate of drug-likeness (QED) is 0.300. The van der Waals surface area contributed by atoms with Gasteiger partial charge in [0.25, 0.3) is 5.56 Å². The van der Waals surface area contributed by atoms with Gasteiger partial charge in [0.1, 0.15) is 10.6 Å². The number of fused-ring (bicyclic) bond motifs is 1. The minimum atomic E-state index is 0.0431. The summed E-state index contributed by atoms with van der Waals surface area (Å²) in [5, 5.41) is 3.66. The number of rotatable bonds is 6. The third-order valence-electron chi connectivity index (χ3n) is 5.16. The first-order valence-electron chi connectivity index (χ1n) is 9.60. The summed E-state index contributed by atoms with van der Waals surface area (Å²) in [4.78, 5) is 19.3. The lowest BCUT2D eigenvalue weighted by molar-refractivity contribution is 0.414. The molecule has 2 aromatic carbocycles. The Kier molecular flexibility index (Phi) is 4.89. The second-order valence-electron chi connectivity index (χ2n) is 7.15. The Labute approximate surface area is 177 Å². The first kappa shape index (κ1) is 18.5. The molecule has 0 unspecified atom stereocenters. The topological polar surface area (TPSA) is 44.1 Å². The number of hydrogen-bond acceptors (Lipinski definition) is 5. The average molecular weight is 421 g/mol. The summed E-state index contributed by atoms with van der Waals surface area (Å²) in [6.07, 6.45) is 2.34. The largest absolute Gasteiger partial charge is 0.497 e. The molecule has 4 aromatic rings. The fraction of sp³-hybridized carbons (Fsp3) is 0.217. The molecule has 2 aromatic heterocycles. The van der Waals surface area contributed by atoms with Crippen LogP contribution < -0.4 is 10.3 Å². The highest BCUT2D eigenvalue weighted by molar-refractivity contribution is 7.98. The van der Waals surface area contributed by atoms with Gasteiger partial charge >= 0.3 is 0 Å².